The van der Waals surface area contributed by atoms with Crippen LogP contribution in [0.25, 0.3) is 0 Å². The third-order valence-electron chi connectivity index (χ3n) is 3.36. The van der Waals surface area contributed by atoms with Gasteiger partial charge in [0.25, 0.3) is 10.0 Å². The molecule has 3 N–H and O–H groups in total. The molecule has 0 spiro atoms. The third-order valence-corrected chi connectivity index (χ3v) is 4.82. The first-order valence-corrected chi connectivity index (χ1v) is 9.09. The fourth-order valence-electron chi connectivity index (χ4n) is 2.04. The van der Waals surface area contributed by atoms with Crippen molar-refractivity contribution in [2.45, 2.75) is 58.3 Å². The minimum Gasteiger partial charge on any atom is -0.508 e. The van der Waals surface area contributed by atoms with Crippen LogP contribution in [0.3, 0.4) is 0 Å². The van der Waals surface area contributed by atoms with E-state index in [1.807, 2.05) is 11.6 Å². The van der Waals surface area contributed by atoms with Crippen molar-refractivity contribution in [1.29, 1.82) is 0 Å². The second kappa shape index (κ2) is 7.21. The van der Waals surface area contributed by atoms with Gasteiger partial charge in [0.1, 0.15) is 16.4 Å². The Morgan fingerprint density at radius 2 is 1.78 bits per heavy atom. The van der Waals surface area contributed by atoms with Gasteiger partial charge in [-0.3, -0.25) is 4.79 Å². The lowest BCUT2D eigenvalue weighted by Gasteiger charge is -2.19. The van der Waals surface area contributed by atoms with Crippen LogP contribution in [-0.4, -0.2) is 24.5 Å². The SMILES string of the molecule is CCCCCc1cc(O)cc(O)c1S(=O)(=O)NC(=O)C(C)(C)C. The molecule has 7 heteroatoms. The Bertz CT molecular complexity index is 674. The van der Waals surface area contributed by atoms with E-state index in [2.05, 4.69) is 0 Å². The largest absolute Gasteiger partial charge is 0.508 e. The number of unbranched alkanes of at least 4 members (excludes halogenated alkanes) is 2. The van der Waals surface area contributed by atoms with Crippen LogP contribution in [0.15, 0.2) is 17.0 Å². The van der Waals surface area contributed by atoms with Crippen molar-refractivity contribution in [2.75, 3.05) is 0 Å². The zero-order chi connectivity index (χ0) is 17.8. The molecule has 6 nitrogen and oxygen atoms in total. The van der Waals surface area contributed by atoms with Crippen LogP contribution in [0, 0.1) is 5.41 Å². The highest BCUT2D eigenvalue weighted by molar-refractivity contribution is 7.90. The number of nitrogens with one attached hydrogen (secondary N) is 1. The Morgan fingerprint density at radius 1 is 1.17 bits per heavy atom. The van der Waals surface area contributed by atoms with Crippen LogP contribution < -0.4 is 4.72 Å². The summed E-state index contributed by atoms with van der Waals surface area (Å²) in [6.07, 6.45) is 2.95. The highest BCUT2D eigenvalue weighted by Crippen LogP contribution is 2.32. The zero-order valence-electron chi connectivity index (χ0n) is 14.0. The van der Waals surface area contributed by atoms with Crippen molar-refractivity contribution in [3.8, 4) is 11.5 Å². The summed E-state index contributed by atoms with van der Waals surface area (Å²) in [5, 5.41) is 19.6. The maximum absolute atomic E-state index is 12.5. The molecule has 0 bridgehead atoms. The number of phenolic OH excluding ortho intramolecular Hbond substituents is 2. The molecule has 0 atom stereocenters. The van der Waals surface area contributed by atoms with E-state index >= 15 is 0 Å². The van der Waals surface area contributed by atoms with Gasteiger partial charge in [-0.05, 0) is 24.5 Å². The number of benzene rings is 1. The van der Waals surface area contributed by atoms with Crippen LogP contribution in [0.5, 0.6) is 11.5 Å². The molecular weight excluding hydrogens is 318 g/mol. The molecule has 0 unspecified atom stereocenters. The third kappa shape index (κ3) is 5.13. The number of sulfonamides is 1. The average Bonchev–Trinajstić information content (AvgIpc) is 2.35. The van der Waals surface area contributed by atoms with E-state index in [0.29, 0.717) is 12.0 Å². The number of rotatable bonds is 6. The number of amides is 1. The van der Waals surface area contributed by atoms with Gasteiger partial charge in [0.05, 0.1) is 0 Å². The van der Waals surface area contributed by atoms with Gasteiger partial charge in [-0.2, -0.15) is 0 Å². The van der Waals surface area contributed by atoms with Crippen LogP contribution >= 0.6 is 0 Å². The molecule has 1 amide bonds. The lowest BCUT2D eigenvalue weighted by Crippen LogP contribution is -2.39. The first-order valence-electron chi connectivity index (χ1n) is 7.61. The molecule has 0 saturated carbocycles. The van der Waals surface area contributed by atoms with Gasteiger partial charge >= 0.3 is 0 Å². The molecule has 0 aliphatic rings. The Kier molecular flexibility index (Phi) is 6.04. The molecule has 0 aliphatic carbocycles. The molecule has 1 aromatic rings. The number of aryl methyl sites for hydroxylation is 1. The first-order chi connectivity index (χ1) is 10.5. The molecule has 0 saturated heterocycles. The number of hydrogen-bond donors (Lipinski definition) is 3. The molecule has 0 heterocycles. The second-order valence-electron chi connectivity index (χ2n) is 6.59. The highest BCUT2D eigenvalue weighted by Gasteiger charge is 2.30. The van der Waals surface area contributed by atoms with Crippen molar-refractivity contribution >= 4 is 15.9 Å². The molecule has 0 fully saturated rings. The van der Waals surface area contributed by atoms with Crippen molar-refractivity contribution in [1.82, 2.24) is 4.72 Å². The van der Waals surface area contributed by atoms with E-state index in [9.17, 15) is 23.4 Å². The molecule has 1 aromatic carbocycles. The minimum atomic E-state index is -4.22. The standard InChI is InChI=1S/C16H25NO5S/c1-5-6-7-8-11-9-12(18)10-13(19)14(11)23(21,22)17-15(20)16(2,3)4/h9-10,18-19H,5-8H2,1-4H3,(H,17,20). The van der Waals surface area contributed by atoms with Crippen LogP contribution in [0.2, 0.25) is 0 Å². The summed E-state index contributed by atoms with van der Waals surface area (Å²) in [7, 11) is -4.22. The Morgan fingerprint density at radius 3 is 2.30 bits per heavy atom. The van der Waals surface area contributed by atoms with Crippen molar-refractivity contribution < 1.29 is 23.4 Å². The van der Waals surface area contributed by atoms with Crippen molar-refractivity contribution in [3.63, 3.8) is 0 Å². The lowest BCUT2D eigenvalue weighted by molar-refractivity contribution is -0.126. The van der Waals surface area contributed by atoms with Gasteiger partial charge < -0.3 is 10.2 Å². The number of carbonyl (C=O) groups is 1. The fourth-order valence-corrected chi connectivity index (χ4v) is 3.54. The van der Waals surface area contributed by atoms with E-state index in [4.69, 9.17) is 0 Å². The summed E-state index contributed by atoms with van der Waals surface area (Å²) in [6.45, 7) is 6.80. The van der Waals surface area contributed by atoms with E-state index in [-0.39, 0.29) is 10.6 Å². The first kappa shape index (κ1) is 19.3. The zero-order valence-corrected chi connectivity index (χ0v) is 14.8. The molecule has 0 radical (unpaired) electrons. The summed E-state index contributed by atoms with van der Waals surface area (Å²) < 4.78 is 27.0. The quantitative estimate of drug-likeness (QED) is 0.689. The van der Waals surface area contributed by atoms with Crippen LogP contribution in [0.1, 0.15) is 52.5 Å². The molecule has 1 rings (SSSR count). The predicted octanol–water partition coefficient (Wildman–Crippen LogP) is 2.68. The summed E-state index contributed by atoms with van der Waals surface area (Å²) in [5.74, 6) is -1.44. The summed E-state index contributed by atoms with van der Waals surface area (Å²) >= 11 is 0. The van der Waals surface area contributed by atoms with Crippen molar-refractivity contribution in [3.05, 3.63) is 17.7 Å². The molecule has 23 heavy (non-hydrogen) atoms. The van der Waals surface area contributed by atoms with Gasteiger partial charge in [0.15, 0.2) is 0 Å². The summed E-state index contributed by atoms with van der Waals surface area (Å²) in [4.78, 5) is 11.6. The normalized spacial score (nSPS) is 12.2. The topological polar surface area (TPSA) is 104 Å². The predicted molar refractivity (Wildman–Crippen MR) is 87.8 cm³/mol. The molecule has 0 aliphatic heterocycles. The number of aromatic hydroxyl groups is 2. The number of phenols is 2. The monoisotopic (exact) mass is 343 g/mol. The van der Waals surface area contributed by atoms with E-state index in [1.165, 1.54) is 6.07 Å². The van der Waals surface area contributed by atoms with Crippen LogP contribution in [-0.2, 0) is 21.2 Å². The second-order valence-corrected chi connectivity index (χ2v) is 8.21. The Hall–Kier alpha value is -1.76. The van der Waals surface area contributed by atoms with Gasteiger partial charge in [0, 0.05) is 11.5 Å². The maximum atomic E-state index is 12.5. The number of carbonyl (C=O) groups excluding carboxylic acids is 1. The van der Waals surface area contributed by atoms with Gasteiger partial charge in [-0.1, -0.05) is 40.5 Å². The lowest BCUT2D eigenvalue weighted by atomic mass is 9.96. The maximum Gasteiger partial charge on any atom is 0.268 e. The molecular formula is C16H25NO5S. The van der Waals surface area contributed by atoms with Gasteiger partial charge in [0.2, 0.25) is 5.91 Å². The smallest absolute Gasteiger partial charge is 0.268 e. The van der Waals surface area contributed by atoms with E-state index in [0.717, 1.165) is 25.3 Å². The van der Waals surface area contributed by atoms with E-state index in [1.54, 1.807) is 20.8 Å². The van der Waals surface area contributed by atoms with Gasteiger partial charge in [-0.15, -0.1) is 0 Å². The summed E-state index contributed by atoms with van der Waals surface area (Å²) in [5.41, 5.74) is -0.590. The van der Waals surface area contributed by atoms with Crippen LogP contribution in [0.4, 0.5) is 0 Å². The van der Waals surface area contributed by atoms with Crippen molar-refractivity contribution in [2.24, 2.45) is 5.41 Å². The summed E-state index contributed by atoms with van der Waals surface area (Å²) in [6, 6.07) is 2.27. The average molecular weight is 343 g/mol. The van der Waals surface area contributed by atoms with Gasteiger partial charge in [-0.25, -0.2) is 13.1 Å². The fraction of sp³-hybridized carbons (Fsp3) is 0.562. The Labute approximate surface area is 137 Å². The minimum absolute atomic E-state index is 0.213. The molecule has 130 valence electrons. The van der Waals surface area contributed by atoms with E-state index < -0.39 is 27.1 Å². The highest BCUT2D eigenvalue weighted by atomic mass is 32.2. The Balaban J connectivity index is 3.26. The molecule has 0 aromatic heterocycles. The number of hydrogen-bond acceptors (Lipinski definition) is 5.